The molecule has 13 heteroatoms. The van der Waals surface area contributed by atoms with E-state index in [-0.39, 0.29) is 18.2 Å². The zero-order valence-corrected chi connectivity index (χ0v) is 29.2. The van der Waals surface area contributed by atoms with E-state index in [1.54, 1.807) is 22.4 Å². The average Bonchev–Trinajstić information content (AvgIpc) is 3.65. The second kappa shape index (κ2) is 19.0. The van der Waals surface area contributed by atoms with E-state index in [0.29, 0.717) is 58.4 Å². The second-order valence-corrected chi connectivity index (χ2v) is 13.7. The van der Waals surface area contributed by atoms with Crippen molar-refractivity contribution in [1.29, 1.82) is 0 Å². The Balaban J connectivity index is 1.45. The molecule has 4 atom stereocenters. The zero-order chi connectivity index (χ0) is 35.2. The summed E-state index contributed by atoms with van der Waals surface area (Å²) in [6, 6.07) is 15.2. The Hall–Kier alpha value is -4.33. The van der Waals surface area contributed by atoms with Crippen LogP contribution in [0.15, 0.2) is 72.2 Å². The van der Waals surface area contributed by atoms with E-state index < -0.39 is 41.9 Å². The molecule has 264 valence electrons. The summed E-state index contributed by atoms with van der Waals surface area (Å²) < 4.78 is 0. The normalized spacial score (nSPS) is 15.6. The Kier molecular flexibility index (Phi) is 14.5. The smallest absolute Gasteiger partial charge is 0.245 e. The number of amides is 4. The number of thiazole rings is 1. The lowest BCUT2D eigenvalue weighted by atomic mass is 9.99. The van der Waals surface area contributed by atoms with E-state index >= 15 is 0 Å². The van der Waals surface area contributed by atoms with Crippen LogP contribution in [0.3, 0.4) is 0 Å². The summed E-state index contributed by atoms with van der Waals surface area (Å²) in [7, 11) is 0. The fourth-order valence-electron chi connectivity index (χ4n) is 5.84. The number of hydrogen-bond donors (Lipinski definition) is 5. The highest BCUT2D eigenvalue weighted by Crippen LogP contribution is 2.19. The molecule has 7 N–H and O–H groups in total. The lowest BCUT2D eigenvalue weighted by Gasteiger charge is -2.36. The minimum atomic E-state index is -0.983. The highest BCUT2D eigenvalue weighted by atomic mass is 32.1. The van der Waals surface area contributed by atoms with Gasteiger partial charge in [-0.1, -0.05) is 74.5 Å². The van der Waals surface area contributed by atoms with Gasteiger partial charge in [-0.2, -0.15) is 0 Å². The Morgan fingerprint density at radius 2 is 1.37 bits per heavy atom. The number of carbonyl (C=O) groups excluding carboxylic acids is 4. The van der Waals surface area contributed by atoms with Crippen molar-refractivity contribution < 1.29 is 19.2 Å². The zero-order valence-electron chi connectivity index (χ0n) is 28.4. The number of nitrogens with two attached hydrogens (primary N) is 2. The summed E-state index contributed by atoms with van der Waals surface area (Å²) in [5.74, 6) is -1.55. The summed E-state index contributed by atoms with van der Waals surface area (Å²) in [5.41, 5.74) is 13.8. The van der Waals surface area contributed by atoms with Crippen LogP contribution >= 0.6 is 11.3 Å². The van der Waals surface area contributed by atoms with Crippen LogP contribution in [0.5, 0.6) is 0 Å². The number of anilines is 1. The summed E-state index contributed by atoms with van der Waals surface area (Å²) >= 11 is 1.56. The van der Waals surface area contributed by atoms with Gasteiger partial charge in [0, 0.05) is 44.2 Å². The maximum atomic E-state index is 13.9. The van der Waals surface area contributed by atoms with Crippen molar-refractivity contribution in [2.45, 2.75) is 70.1 Å². The Morgan fingerprint density at radius 1 is 0.796 bits per heavy atom. The highest BCUT2D eigenvalue weighted by Gasteiger charge is 2.33. The standard InChI is InChI=1S/C36H50N8O4S/c1-25(2)22-30(33(46)40-29(14-9-15-37)35(48)43-17-19-44(20-18-43)36-39-16-21-49-36)42-34(47)31(24-27-12-7-4-8-13-27)41-32(45)28(38)23-26-10-5-3-6-11-26/h3-8,10-13,16,21,25,28-31H,9,14-15,17-20,22-24,37-38H2,1-2H3,(H,40,46)(H,41,45)(H,42,47)/t28-,29-,30-,31-/m1/s1. The number of piperazine rings is 1. The Bertz CT molecular complexity index is 1470. The highest BCUT2D eigenvalue weighted by molar-refractivity contribution is 7.13. The molecular weight excluding hydrogens is 641 g/mol. The fraction of sp³-hybridized carbons (Fsp3) is 0.472. The third-order valence-electron chi connectivity index (χ3n) is 8.48. The molecule has 12 nitrogen and oxygen atoms in total. The van der Waals surface area contributed by atoms with Crippen LogP contribution in [-0.4, -0.2) is 90.4 Å². The van der Waals surface area contributed by atoms with Gasteiger partial charge in [0.25, 0.3) is 0 Å². The molecule has 1 aromatic heterocycles. The quantitative estimate of drug-likeness (QED) is 0.143. The molecule has 49 heavy (non-hydrogen) atoms. The first-order valence-corrected chi connectivity index (χ1v) is 17.9. The van der Waals surface area contributed by atoms with Crippen LogP contribution in [0, 0.1) is 5.92 Å². The predicted molar refractivity (Wildman–Crippen MR) is 193 cm³/mol. The van der Waals surface area contributed by atoms with Crippen molar-refractivity contribution in [3.8, 4) is 0 Å². The summed E-state index contributed by atoms with van der Waals surface area (Å²) in [6.45, 7) is 6.59. The maximum absolute atomic E-state index is 13.9. The van der Waals surface area contributed by atoms with Crippen molar-refractivity contribution in [2.24, 2.45) is 17.4 Å². The first kappa shape index (κ1) is 37.5. The number of carbonyl (C=O) groups is 4. The van der Waals surface area contributed by atoms with E-state index in [9.17, 15) is 19.2 Å². The van der Waals surface area contributed by atoms with E-state index in [1.807, 2.05) is 79.9 Å². The largest absolute Gasteiger partial charge is 0.345 e. The number of benzene rings is 2. The van der Waals surface area contributed by atoms with E-state index in [4.69, 9.17) is 11.5 Å². The third-order valence-corrected chi connectivity index (χ3v) is 9.32. The van der Waals surface area contributed by atoms with Crippen LogP contribution in [0.1, 0.15) is 44.2 Å². The molecule has 0 radical (unpaired) electrons. The topological polar surface area (TPSA) is 176 Å². The van der Waals surface area contributed by atoms with Crippen LogP contribution in [0.2, 0.25) is 0 Å². The molecule has 2 heterocycles. The number of rotatable bonds is 17. The molecule has 1 aliphatic rings. The van der Waals surface area contributed by atoms with Gasteiger partial charge in [0.2, 0.25) is 23.6 Å². The second-order valence-electron chi connectivity index (χ2n) is 12.9. The van der Waals surface area contributed by atoms with Gasteiger partial charge in [0.05, 0.1) is 6.04 Å². The molecule has 1 aliphatic heterocycles. The minimum Gasteiger partial charge on any atom is -0.345 e. The SMILES string of the molecule is CC(C)C[C@@H](NC(=O)[C@@H](Cc1ccccc1)NC(=O)[C@H](N)Cc1ccccc1)C(=O)N[C@H](CCCN)C(=O)N1CCN(c2nccs2)CC1. The first-order chi connectivity index (χ1) is 23.6. The number of aromatic nitrogens is 1. The molecule has 0 saturated carbocycles. The molecule has 1 saturated heterocycles. The van der Waals surface area contributed by atoms with Crippen LogP contribution in [-0.2, 0) is 32.0 Å². The molecule has 0 aliphatic carbocycles. The van der Waals surface area contributed by atoms with Gasteiger partial charge in [0.15, 0.2) is 5.13 Å². The summed E-state index contributed by atoms with van der Waals surface area (Å²) in [5, 5.41) is 11.5. The lowest BCUT2D eigenvalue weighted by molar-refractivity contribution is -0.138. The van der Waals surface area contributed by atoms with Crippen molar-refractivity contribution in [2.75, 3.05) is 37.6 Å². The maximum Gasteiger partial charge on any atom is 0.245 e. The van der Waals surface area contributed by atoms with Gasteiger partial charge < -0.3 is 37.2 Å². The summed E-state index contributed by atoms with van der Waals surface area (Å²) in [6.07, 6.45) is 3.54. The van der Waals surface area contributed by atoms with Gasteiger partial charge in [-0.3, -0.25) is 19.2 Å². The average molecular weight is 691 g/mol. The molecule has 0 bridgehead atoms. The van der Waals surface area contributed by atoms with Crippen molar-refractivity contribution >= 4 is 40.1 Å². The number of hydrogen-bond acceptors (Lipinski definition) is 9. The molecule has 1 fully saturated rings. The van der Waals surface area contributed by atoms with Crippen LogP contribution in [0.25, 0.3) is 0 Å². The first-order valence-electron chi connectivity index (χ1n) is 17.0. The molecule has 4 amide bonds. The summed E-state index contributed by atoms with van der Waals surface area (Å²) in [4.78, 5) is 63.0. The van der Waals surface area contributed by atoms with Gasteiger partial charge in [-0.05, 0) is 49.3 Å². The molecule has 4 rings (SSSR count). The fourth-order valence-corrected chi connectivity index (χ4v) is 6.53. The van der Waals surface area contributed by atoms with Gasteiger partial charge in [-0.25, -0.2) is 4.98 Å². The monoisotopic (exact) mass is 690 g/mol. The van der Waals surface area contributed by atoms with Gasteiger partial charge in [-0.15, -0.1) is 11.3 Å². The molecule has 0 unspecified atom stereocenters. The third kappa shape index (κ3) is 11.7. The van der Waals surface area contributed by atoms with Crippen LogP contribution < -0.4 is 32.3 Å². The molecule has 3 aromatic rings. The van der Waals surface area contributed by atoms with Crippen molar-refractivity contribution in [1.82, 2.24) is 25.8 Å². The van der Waals surface area contributed by atoms with E-state index in [1.165, 1.54) is 0 Å². The van der Waals surface area contributed by atoms with Gasteiger partial charge >= 0.3 is 0 Å². The molecule has 0 spiro atoms. The number of nitrogens with zero attached hydrogens (tertiary/aromatic N) is 3. The lowest BCUT2D eigenvalue weighted by Crippen LogP contribution is -2.59. The number of nitrogens with one attached hydrogen (secondary N) is 3. The van der Waals surface area contributed by atoms with Crippen LogP contribution in [0.4, 0.5) is 5.13 Å². The van der Waals surface area contributed by atoms with Gasteiger partial charge in [0.1, 0.15) is 18.1 Å². The van der Waals surface area contributed by atoms with Crippen molar-refractivity contribution in [3.63, 3.8) is 0 Å². The predicted octanol–water partition coefficient (Wildman–Crippen LogP) is 1.84. The van der Waals surface area contributed by atoms with Crippen molar-refractivity contribution in [3.05, 3.63) is 83.4 Å². The van der Waals surface area contributed by atoms with E-state index in [0.717, 1.165) is 16.3 Å². The molecule has 2 aromatic carbocycles. The molecular formula is C36H50N8O4S. The minimum absolute atomic E-state index is 0.0506. The van der Waals surface area contributed by atoms with E-state index in [2.05, 4.69) is 25.8 Å². The Labute approximate surface area is 293 Å². The Morgan fingerprint density at radius 3 is 1.94 bits per heavy atom.